The minimum absolute atomic E-state index is 0.398. The summed E-state index contributed by atoms with van der Waals surface area (Å²) in [5.74, 6) is 0. The predicted molar refractivity (Wildman–Crippen MR) is 84.1 cm³/mol. The van der Waals surface area contributed by atoms with Crippen LogP contribution in [0.1, 0.15) is 28.4 Å². The van der Waals surface area contributed by atoms with Crippen molar-refractivity contribution in [2.75, 3.05) is 0 Å². The van der Waals surface area contributed by atoms with Gasteiger partial charge in [-0.3, -0.25) is 0 Å². The Morgan fingerprint density at radius 3 is 2.26 bits per heavy atom. The molecule has 4 heteroatoms. The summed E-state index contributed by atoms with van der Waals surface area (Å²) in [6, 6.07) is 9.16. The van der Waals surface area contributed by atoms with Crippen molar-refractivity contribution in [3.05, 3.63) is 67.1 Å². The summed E-state index contributed by atoms with van der Waals surface area (Å²) in [5, 5.41) is 11.3. The van der Waals surface area contributed by atoms with Crippen LogP contribution in [-0.2, 0) is 0 Å². The molecule has 0 aliphatic rings. The molecular formula is C15H13BrCl2O. The Bertz CT molecular complexity index is 603. The maximum atomic E-state index is 10.5. The van der Waals surface area contributed by atoms with Crippen LogP contribution in [0.15, 0.2) is 34.8 Å². The fraction of sp³-hybridized carbons (Fsp3) is 0.200. The first kappa shape index (κ1) is 14.9. The smallest absolute Gasteiger partial charge is 0.106 e. The van der Waals surface area contributed by atoms with Gasteiger partial charge in [-0.1, -0.05) is 63.4 Å². The lowest BCUT2D eigenvalue weighted by Gasteiger charge is -2.16. The number of benzene rings is 2. The summed E-state index contributed by atoms with van der Waals surface area (Å²) in [6.45, 7) is 3.99. The van der Waals surface area contributed by atoms with E-state index in [0.29, 0.717) is 15.6 Å². The molecular weight excluding hydrogens is 347 g/mol. The molecule has 0 aromatic heterocycles. The van der Waals surface area contributed by atoms with Crippen LogP contribution in [0.2, 0.25) is 10.0 Å². The maximum Gasteiger partial charge on any atom is 0.106 e. The van der Waals surface area contributed by atoms with Crippen molar-refractivity contribution in [3.63, 3.8) is 0 Å². The Balaban J connectivity index is 2.50. The monoisotopic (exact) mass is 358 g/mol. The van der Waals surface area contributed by atoms with Crippen molar-refractivity contribution in [2.24, 2.45) is 0 Å². The van der Waals surface area contributed by atoms with Gasteiger partial charge in [0.15, 0.2) is 0 Å². The zero-order valence-corrected chi connectivity index (χ0v) is 13.6. The Morgan fingerprint density at radius 2 is 1.68 bits per heavy atom. The van der Waals surface area contributed by atoms with E-state index in [4.69, 9.17) is 23.2 Å². The second kappa shape index (κ2) is 5.84. The quantitative estimate of drug-likeness (QED) is 0.755. The topological polar surface area (TPSA) is 20.2 Å². The molecule has 0 saturated heterocycles. The van der Waals surface area contributed by atoms with Gasteiger partial charge in [0, 0.05) is 10.0 Å². The van der Waals surface area contributed by atoms with E-state index < -0.39 is 6.10 Å². The highest BCUT2D eigenvalue weighted by Crippen LogP contribution is 2.34. The zero-order chi connectivity index (χ0) is 14.2. The summed E-state index contributed by atoms with van der Waals surface area (Å²) in [4.78, 5) is 0. The van der Waals surface area contributed by atoms with E-state index in [0.717, 1.165) is 21.2 Å². The third-order valence-corrected chi connectivity index (χ3v) is 5.13. The average Bonchev–Trinajstić information content (AvgIpc) is 2.38. The van der Waals surface area contributed by atoms with Gasteiger partial charge < -0.3 is 5.11 Å². The van der Waals surface area contributed by atoms with Crippen LogP contribution >= 0.6 is 39.1 Å². The van der Waals surface area contributed by atoms with Gasteiger partial charge >= 0.3 is 0 Å². The van der Waals surface area contributed by atoms with Gasteiger partial charge in [0.1, 0.15) is 6.10 Å². The van der Waals surface area contributed by atoms with Crippen molar-refractivity contribution in [2.45, 2.75) is 20.0 Å². The molecule has 0 bridgehead atoms. The number of hydrogen-bond donors (Lipinski definition) is 1. The molecule has 2 aromatic rings. The first-order chi connectivity index (χ1) is 8.91. The fourth-order valence-corrected chi connectivity index (χ4v) is 2.69. The van der Waals surface area contributed by atoms with Crippen LogP contribution in [-0.4, -0.2) is 5.11 Å². The van der Waals surface area contributed by atoms with E-state index in [1.807, 2.05) is 26.0 Å². The van der Waals surface area contributed by atoms with Gasteiger partial charge in [-0.25, -0.2) is 0 Å². The number of aliphatic hydroxyl groups is 1. The Kier molecular flexibility index (Phi) is 4.57. The van der Waals surface area contributed by atoms with Gasteiger partial charge in [-0.05, 0) is 36.6 Å². The largest absolute Gasteiger partial charge is 0.384 e. The van der Waals surface area contributed by atoms with Crippen molar-refractivity contribution < 1.29 is 5.11 Å². The number of halogens is 3. The number of aliphatic hydroxyl groups excluding tert-OH is 1. The van der Waals surface area contributed by atoms with Crippen molar-refractivity contribution in [3.8, 4) is 0 Å². The summed E-state index contributed by atoms with van der Waals surface area (Å²) in [7, 11) is 0. The van der Waals surface area contributed by atoms with Crippen LogP contribution in [0, 0.1) is 13.8 Å². The van der Waals surface area contributed by atoms with E-state index in [-0.39, 0.29) is 0 Å². The minimum atomic E-state index is -0.781. The van der Waals surface area contributed by atoms with Gasteiger partial charge in [0.2, 0.25) is 0 Å². The molecule has 19 heavy (non-hydrogen) atoms. The first-order valence-electron chi connectivity index (χ1n) is 5.80. The Morgan fingerprint density at radius 1 is 1.11 bits per heavy atom. The molecule has 0 aliphatic heterocycles. The SMILES string of the molecule is Cc1cc(C(O)c2cccc(Cl)c2Cl)cc(C)c1Br. The first-order valence-corrected chi connectivity index (χ1v) is 7.35. The molecule has 0 heterocycles. The normalized spacial score (nSPS) is 12.5. The Hall–Kier alpha value is -0.540. The van der Waals surface area contributed by atoms with Crippen LogP contribution in [0.4, 0.5) is 0 Å². The maximum absolute atomic E-state index is 10.5. The minimum Gasteiger partial charge on any atom is -0.384 e. The average molecular weight is 360 g/mol. The standard InChI is InChI=1S/C15H13BrCl2O/c1-8-6-10(7-9(2)13(8)16)15(19)11-4-3-5-12(17)14(11)18/h3-7,15,19H,1-2H3. The van der Waals surface area contributed by atoms with Crippen LogP contribution in [0.25, 0.3) is 0 Å². The van der Waals surface area contributed by atoms with Crippen LogP contribution in [0.3, 0.4) is 0 Å². The molecule has 0 spiro atoms. The molecule has 0 aliphatic carbocycles. The molecule has 100 valence electrons. The van der Waals surface area contributed by atoms with E-state index >= 15 is 0 Å². The number of aryl methyl sites for hydroxylation is 2. The van der Waals surface area contributed by atoms with Crippen LogP contribution < -0.4 is 0 Å². The summed E-state index contributed by atoms with van der Waals surface area (Å²) in [6.07, 6.45) is -0.781. The lowest BCUT2D eigenvalue weighted by molar-refractivity contribution is 0.220. The van der Waals surface area contributed by atoms with Gasteiger partial charge in [0.25, 0.3) is 0 Å². The molecule has 1 unspecified atom stereocenters. The summed E-state index contributed by atoms with van der Waals surface area (Å²) < 4.78 is 1.06. The highest BCUT2D eigenvalue weighted by molar-refractivity contribution is 9.10. The molecule has 1 N–H and O–H groups in total. The molecule has 2 aromatic carbocycles. The lowest BCUT2D eigenvalue weighted by Crippen LogP contribution is -2.02. The van der Waals surface area contributed by atoms with Crippen molar-refractivity contribution in [1.82, 2.24) is 0 Å². The molecule has 2 rings (SSSR count). The molecule has 0 fully saturated rings. The zero-order valence-electron chi connectivity index (χ0n) is 10.5. The van der Waals surface area contributed by atoms with Gasteiger partial charge in [-0.15, -0.1) is 0 Å². The predicted octanol–water partition coefficient (Wildman–Crippen LogP) is 5.45. The second-order valence-corrected chi connectivity index (χ2v) is 6.09. The van der Waals surface area contributed by atoms with E-state index in [9.17, 15) is 5.11 Å². The molecule has 0 radical (unpaired) electrons. The van der Waals surface area contributed by atoms with E-state index in [1.54, 1.807) is 18.2 Å². The number of hydrogen-bond acceptors (Lipinski definition) is 1. The van der Waals surface area contributed by atoms with Gasteiger partial charge in [0.05, 0.1) is 10.0 Å². The van der Waals surface area contributed by atoms with Crippen molar-refractivity contribution >= 4 is 39.1 Å². The lowest BCUT2D eigenvalue weighted by atomic mass is 9.98. The molecule has 0 saturated carbocycles. The molecule has 0 amide bonds. The fourth-order valence-electron chi connectivity index (χ4n) is 2.05. The number of rotatable bonds is 2. The second-order valence-electron chi connectivity index (χ2n) is 4.51. The van der Waals surface area contributed by atoms with E-state index in [1.165, 1.54) is 0 Å². The third kappa shape index (κ3) is 2.97. The molecule has 1 atom stereocenters. The highest BCUT2D eigenvalue weighted by Gasteiger charge is 2.17. The van der Waals surface area contributed by atoms with Gasteiger partial charge in [-0.2, -0.15) is 0 Å². The Labute approximate surface area is 131 Å². The summed E-state index contributed by atoms with van der Waals surface area (Å²) in [5.41, 5.74) is 3.58. The third-order valence-electron chi connectivity index (χ3n) is 3.05. The van der Waals surface area contributed by atoms with Crippen molar-refractivity contribution in [1.29, 1.82) is 0 Å². The van der Waals surface area contributed by atoms with E-state index in [2.05, 4.69) is 15.9 Å². The summed E-state index contributed by atoms with van der Waals surface area (Å²) >= 11 is 15.6. The van der Waals surface area contributed by atoms with Crippen LogP contribution in [0.5, 0.6) is 0 Å². The highest BCUT2D eigenvalue weighted by atomic mass is 79.9. The molecule has 1 nitrogen and oxygen atoms in total.